The molecular formula is C6H15NO4V. The average Bonchev–Trinajstić information content (AvgIpc) is 1.88. The summed E-state index contributed by atoms with van der Waals surface area (Å²) in [5, 5.41) is 36.8. The van der Waals surface area contributed by atoms with Crippen LogP contribution in [0.5, 0.6) is 0 Å². The third kappa shape index (κ3) is 5.96. The standard InChI is InChI=1S/C6H15NO4.V/c8-4-1-7(11,2-5-9)3-6-10;/h8-10H,1-6H2;. The third-order valence-electron chi connectivity index (χ3n) is 1.52. The molecule has 0 amide bonds. The number of quaternary nitrogens is 1. The Bertz CT molecular complexity index is 86.5. The first-order valence-electron chi connectivity index (χ1n) is 3.58. The van der Waals surface area contributed by atoms with Gasteiger partial charge in [0.25, 0.3) is 0 Å². The number of aliphatic hydroxyl groups is 3. The van der Waals surface area contributed by atoms with E-state index in [1.807, 2.05) is 0 Å². The maximum atomic E-state index is 11.4. The van der Waals surface area contributed by atoms with E-state index in [2.05, 4.69) is 0 Å². The molecule has 6 heteroatoms. The summed E-state index contributed by atoms with van der Waals surface area (Å²) in [4.78, 5) is 0. The van der Waals surface area contributed by atoms with Crippen molar-refractivity contribution >= 4 is 0 Å². The van der Waals surface area contributed by atoms with Gasteiger partial charge in [0, 0.05) is 18.6 Å². The zero-order chi connectivity index (χ0) is 8.74. The van der Waals surface area contributed by atoms with Gasteiger partial charge in [-0.1, -0.05) is 0 Å². The Morgan fingerprint density at radius 1 is 0.833 bits per heavy atom. The summed E-state index contributed by atoms with van der Waals surface area (Å²) in [6, 6.07) is 0. The topological polar surface area (TPSA) is 83.8 Å². The molecule has 1 radical (unpaired) electrons. The van der Waals surface area contributed by atoms with E-state index in [9.17, 15) is 5.21 Å². The van der Waals surface area contributed by atoms with Crippen LogP contribution in [0.2, 0.25) is 0 Å². The van der Waals surface area contributed by atoms with E-state index in [1.54, 1.807) is 0 Å². The van der Waals surface area contributed by atoms with Crippen molar-refractivity contribution in [3.05, 3.63) is 5.21 Å². The number of rotatable bonds is 6. The molecule has 0 bridgehead atoms. The fraction of sp³-hybridized carbons (Fsp3) is 1.00. The van der Waals surface area contributed by atoms with Crippen LogP contribution in [0.25, 0.3) is 0 Å². The zero-order valence-corrected chi connectivity index (χ0v) is 8.28. The molecule has 0 spiro atoms. The molecule has 5 nitrogen and oxygen atoms in total. The Balaban J connectivity index is 0. The quantitative estimate of drug-likeness (QED) is 0.364. The van der Waals surface area contributed by atoms with Crippen molar-refractivity contribution in [2.24, 2.45) is 0 Å². The molecule has 0 aromatic carbocycles. The second-order valence-corrected chi connectivity index (χ2v) is 2.40. The maximum Gasteiger partial charge on any atom is 0.102 e. The molecule has 0 aliphatic carbocycles. The molecule has 12 heavy (non-hydrogen) atoms. The summed E-state index contributed by atoms with van der Waals surface area (Å²) in [5.74, 6) is 0. The van der Waals surface area contributed by atoms with Crippen molar-refractivity contribution in [1.29, 1.82) is 0 Å². The van der Waals surface area contributed by atoms with Gasteiger partial charge in [-0.3, -0.25) is 0 Å². The van der Waals surface area contributed by atoms with E-state index in [0.29, 0.717) is 0 Å². The number of nitrogens with zero attached hydrogens (tertiary/aromatic N) is 1. The molecule has 0 heterocycles. The molecule has 0 aliphatic rings. The van der Waals surface area contributed by atoms with Crippen LogP contribution in [-0.2, 0) is 18.6 Å². The fourth-order valence-electron chi connectivity index (χ4n) is 0.882. The SMILES string of the molecule is [O-][N+](CCO)(CCO)CCO.[V]. The van der Waals surface area contributed by atoms with Crippen LogP contribution >= 0.6 is 0 Å². The van der Waals surface area contributed by atoms with E-state index in [-0.39, 0.29) is 58.0 Å². The van der Waals surface area contributed by atoms with Gasteiger partial charge in [-0.15, -0.1) is 0 Å². The van der Waals surface area contributed by atoms with E-state index >= 15 is 0 Å². The van der Waals surface area contributed by atoms with Crippen molar-refractivity contribution in [2.45, 2.75) is 0 Å². The Labute approximate surface area is 83.7 Å². The Morgan fingerprint density at radius 2 is 1.08 bits per heavy atom. The molecule has 0 aliphatic heterocycles. The summed E-state index contributed by atoms with van der Waals surface area (Å²) in [6.07, 6.45) is 0. The summed E-state index contributed by atoms with van der Waals surface area (Å²) >= 11 is 0. The van der Waals surface area contributed by atoms with Gasteiger partial charge in [0.2, 0.25) is 0 Å². The van der Waals surface area contributed by atoms with E-state index < -0.39 is 4.65 Å². The summed E-state index contributed by atoms with van der Waals surface area (Å²) in [6.45, 7) is -0.570. The molecule has 0 aromatic rings. The monoisotopic (exact) mass is 216 g/mol. The third-order valence-corrected chi connectivity index (χ3v) is 1.52. The first kappa shape index (κ1) is 14.9. The Hall–Kier alpha value is 0.384. The Morgan fingerprint density at radius 3 is 1.25 bits per heavy atom. The molecule has 0 fully saturated rings. The molecule has 0 saturated heterocycles. The summed E-state index contributed by atoms with van der Waals surface area (Å²) in [5.41, 5.74) is 0. The molecule has 0 rings (SSSR count). The minimum Gasteiger partial charge on any atom is -0.633 e. The second kappa shape index (κ2) is 8.00. The maximum absolute atomic E-state index is 11.4. The largest absolute Gasteiger partial charge is 0.633 e. The number of aliphatic hydroxyl groups excluding tert-OH is 3. The van der Waals surface area contributed by atoms with Gasteiger partial charge >= 0.3 is 0 Å². The first-order chi connectivity index (χ1) is 5.18. The smallest absolute Gasteiger partial charge is 0.102 e. The predicted molar refractivity (Wildman–Crippen MR) is 39.5 cm³/mol. The predicted octanol–water partition coefficient (Wildman–Crippen LogP) is -1.72. The van der Waals surface area contributed by atoms with E-state index in [0.717, 1.165) is 0 Å². The number of hydrogen-bond donors (Lipinski definition) is 3. The van der Waals surface area contributed by atoms with Crippen LogP contribution in [0.3, 0.4) is 0 Å². The molecule has 3 N–H and O–H groups in total. The normalized spacial score (nSPS) is 11.0. The minimum atomic E-state index is -0.719. The van der Waals surface area contributed by atoms with Gasteiger partial charge in [0.05, 0.1) is 19.8 Å². The van der Waals surface area contributed by atoms with Gasteiger partial charge in [-0.05, 0) is 0 Å². The molecular weight excluding hydrogens is 201 g/mol. The van der Waals surface area contributed by atoms with Crippen molar-refractivity contribution in [1.82, 2.24) is 0 Å². The fourth-order valence-corrected chi connectivity index (χ4v) is 0.882. The molecule has 73 valence electrons. The average molecular weight is 216 g/mol. The minimum absolute atomic E-state index is 0. The van der Waals surface area contributed by atoms with Gasteiger partial charge in [0.15, 0.2) is 0 Å². The Kier molecular flexibility index (Phi) is 9.93. The molecule has 0 saturated carbocycles. The number of hydroxylamine groups is 3. The van der Waals surface area contributed by atoms with Crippen LogP contribution in [0.4, 0.5) is 0 Å². The van der Waals surface area contributed by atoms with Gasteiger partial charge in [-0.25, -0.2) is 0 Å². The van der Waals surface area contributed by atoms with E-state index in [4.69, 9.17) is 15.3 Å². The first-order valence-corrected chi connectivity index (χ1v) is 3.58. The van der Waals surface area contributed by atoms with Crippen LogP contribution in [0.15, 0.2) is 0 Å². The van der Waals surface area contributed by atoms with Gasteiger partial charge < -0.3 is 25.2 Å². The van der Waals surface area contributed by atoms with Crippen LogP contribution in [0.1, 0.15) is 0 Å². The molecule has 0 atom stereocenters. The van der Waals surface area contributed by atoms with Crippen molar-refractivity contribution < 1.29 is 38.5 Å². The van der Waals surface area contributed by atoms with Gasteiger partial charge in [0.1, 0.15) is 19.6 Å². The zero-order valence-electron chi connectivity index (χ0n) is 6.89. The van der Waals surface area contributed by atoms with Crippen molar-refractivity contribution in [3.63, 3.8) is 0 Å². The molecule has 0 unspecified atom stereocenters. The number of hydrogen-bond acceptors (Lipinski definition) is 4. The van der Waals surface area contributed by atoms with E-state index in [1.165, 1.54) is 0 Å². The summed E-state index contributed by atoms with van der Waals surface area (Å²) < 4.78 is -0.719. The van der Waals surface area contributed by atoms with Crippen molar-refractivity contribution in [2.75, 3.05) is 39.5 Å². The van der Waals surface area contributed by atoms with Crippen LogP contribution < -0.4 is 0 Å². The van der Waals surface area contributed by atoms with Crippen molar-refractivity contribution in [3.8, 4) is 0 Å². The van der Waals surface area contributed by atoms with Crippen LogP contribution in [0, 0.1) is 5.21 Å². The van der Waals surface area contributed by atoms with Crippen LogP contribution in [-0.4, -0.2) is 59.4 Å². The second-order valence-electron chi connectivity index (χ2n) is 2.40. The summed E-state index contributed by atoms with van der Waals surface area (Å²) in [7, 11) is 0. The van der Waals surface area contributed by atoms with Gasteiger partial charge in [-0.2, -0.15) is 0 Å². The molecule has 0 aromatic heterocycles.